The molecule has 1 spiro atoms. The molecule has 0 amide bonds. The van der Waals surface area contributed by atoms with E-state index in [1.165, 1.54) is 19.3 Å². The summed E-state index contributed by atoms with van der Waals surface area (Å²) in [6.45, 7) is 4.65. The number of hydrogen-bond donors (Lipinski definition) is 0. The van der Waals surface area contributed by atoms with Crippen LogP contribution in [0.25, 0.3) is 0 Å². The van der Waals surface area contributed by atoms with Crippen LogP contribution in [0, 0.1) is 0 Å². The smallest absolute Gasteiger partial charge is 0.169 e. The maximum absolute atomic E-state index is 5.92. The molecule has 0 aromatic carbocycles. The molecule has 0 bridgehead atoms. The minimum atomic E-state index is -0.241. The maximum atomic E-state index is 5.92. The molecule has 0 saturated carbocycles. The molecule has 13 heavy (non-hydrogen) atoms. The van der Waals surface area contributed by atoms with Gasteiger partial charge in [-0.3, -0.25) is 0 Å². The Morgan fingerprint density at radius 2 is 2.08 bits per heavy atom. The Balaban J connectivity index is 1.99. The first-order valence-corrected chi connectivity index (χ1v) is 5.29. The molecule has 2 atom stereocenters. The van der Waals surface area contributed by atoms with Crippen LogP contribution >= 0.6 is 0 Å². The molecular weight excluding hydrogens is 164 g/mol. The van der Waals surface area contributed by atoms with Crippen molar-refractivity contribution in [2.45, 2.75) is 50.4 Å². The van der Waals surface area contributed by atoms with Crippen LogP contribution in [0.3, 0.4) is 0 Å². The van der Waals surface area contributed by atoms with Crippen molar-refractivity contribution in [3.05, 3.63) is 12.7 Å². The summed E-state index contributed by atoms with van der Waals surface area (Å²) in [4.78, 5) is 0. The maximum Gasteiger partial charge on any atom is 0.169 e. The molecule has 0 aromatic rings. The molecule has 2 aliphatic rings. The van der Waals surface area contributed by atoms with Gasteiger partial charge in [0.25, 0.3) is 0 Å². The second kappa shape index (κ2) is 3.81. The Morgan fingerprint density at radius 3 is 2.77 bits per heavy atom. The minimum absolute atomic E-state index is 0.215. The van der Waals surface area contributed by atoms with Crippen LogP contribution in [0.4, 0.5) is 0 Å². The summed E-state index contributed by atoms with van der Waals surface area (Å²) in [5.41, 5.74) is 0. The van der Waals surface area contributed by atoms with Crippen LogP contribution in [0.5, 0.6) is 0 Å². The van der Waals surface area contributed by atoms with E-state index in [1.807, 2.05) is 6.08 Å². The van der Waals surface area contributed by atoms with Crippen molar-refractivity contribution in [2.24, 2.45) is 0 Å². The zero-order valence-electron chi connectivity index (χ0n) is 8.13. The van der Waals surface area contributed by atoms with Crippen molar-refractivity contribution in [2.75, 3.05) is 6.61 Å². The van der Waals surface area contributed by atoms with E-state index in [0.29, 0.717) is 0 Å². The number of hydrogen-bond acceptors (Lipinski definition) is 2. The average Bonchev–Trinajstić information content (AvgIpc) is 2.19. The summed E-state index contributed by atoms with van der Waals surface area (Å²) < 4.78 is 11.7. The van der Waals surface area contributed by atoms with E-state index >= 15 is 0 Å². The highest BCUT2D eigenvalue weighted by Gasteiger charge is 2.38. The van der Waals surface area contributed by atoms with Crippen LogP contribution in [0.15, 0.2) is 12.7 Å². The van der Waals surface area contributed by atoms with Gasteiger partial charge in [0.05, 0.1) is 12.7 Å². The van der Waals surface area contributed by atoms with Crippen molar-refractivity contribution in [1.82, 2.24) is 0 Å². The quantitative estimate of drug-likeness (QED) is 0.580. The summed E-state index contributed by atoms with van der Waals surface area (Å²) in [6, 6.07) is 0. The van der Waals surface area contributed by atoms with Gasteiger partial charge in [-0.05, 0) is 25.7 Å². The topological polar surface area (TPSA) is 18.5 Å². The SMILES string of the molecule is C=C[C@@H]1CCC[C@]2(CCCCO2)O1. The van der Waals surface area contributed by atoms with Gasteiger partial charge >= 0.3 is 0 Å². The second-order valence-corrected chi connectivity index (χ2v) is 4.00. The summed E-state index contributed by atoms with van der Waals surface area (Å²) in [5, 5.41) is 0. The standard InChI is InChI=1S/C11H18O2/c1-2-10-6-5-8-11(13-10)7-3-4-9-12-11/h2,10H,1,3-9H2/t10-,11+/m1/s1. The van der Waals surface area contributed by atoms with Crippen LogP contribution in [0.2, 0.25) is 0 Å². The third kappa shape index (κ3) is 1.94. The number of ether oxygens (including phenoxy) is 2. The molecule has 0 unspecified atom stereocenters. The zero-order valence-corrected chi connectivity index (χ0v) is 8.13. The first-order chi connectivity index (χ1) is 6.35. The molecule has 2 fully saturated rings. The molecule has 0 radical (unpaired) electrons. The van der Waals surface area contributed by atoms with Crippen LogP contribution in [0.1, 0.15) is 38.5 Å². The first-order valence-electron chi connectivity index (χ1n) is 5.29. The Morgan fingerprint density at radius 1 is 1.23 bits per heavy atom. The summed E-state index contributed by atoms with van der Waals surface area (Å²) in [7, 11) is 0. The summed E-state index contributed by atoms with van der Waals surface area (Å²) in [5.74, 6) is -0.241. The molecule has 74 valence electrons. The monoisotopic (exact) mass is 182 g/mol. The van der Waals surface area contributed by atoms with Gasteiger partial charge in [-0.25, -0.2) is 0 Å². The van der Waals surface area contributed by atoms with E-state index < -0.39 is 0 Å². The molecule has 0 N–H and O–H groups in total. The Bertz CT molecular complexity index is 177. The van der Waals surface area contributed by atoms with Gasteiger partial charge in [0.2, 0.25) is 0 Å². The predicted molar refractivity (Wildman–Crippen MR) is 51.5 cm³/mol. The third-order valence-electron chi connectivity index (χ3n) is 2.99. The molecule has 2 rings (SSSR count). The van der Waals surface area contributed by atoms with Crippen LogP contribution in [-0.2, 0) is 9.47 Å². The lowest BCUT2D eigenvalue weighted by molar-refractivity contribution is -0.286. The second-order valence-electron chi connectivity index (χ2n) is 4.00. The highest BCUT2D eigenvalue weighted by molar-refractivity contribution is 4.88. The fourth-order valence-corrected chi connectivity index (χ4v) is 2.25. The van der Waals surface area contributed by atoms with Crippen molar-refractivity contribution in [1.29, 1.82) is 0 Å². The van der Waals surface area contributed by atoms with Gasteiger partial charge < -0.3 is 9.47 Å². The van der Waals surface area contributed by atoms with E-state index in [2.05, 4.69) is 6.58 Å². The molecule has 2 heterocycles. The highest BCUT2D eigenvalue weighted by Crippen LogP contribution is 2.36. The summed E-state index contributed by atoms with van der Waals surface area (Å²) >= 11 is 0. The van der Waals surface area contributed by atoms with E-state index in [4.69, 9.17) is 9.47 Å². The van der Waals surface area contributed by atoms with Crippen LogP contribution < -0.4 is 0 Å². The fraction of sp³-hybridized carbons (Fsp3) is 0.818. The van der Waals surface area contributed by atoms with Crippen molar-refractivity contribution in [3.63, 3.8) is 0 Å². The minimum Gasteiger partial charge on any atom is -0.350 e. The zero-order chi connectivity index (χ0) is 9.15. The van der Waals surface area contributed by atoms with E-state index in [1.54, 1.807) is 0 Å². The fourth-order valence-electron chi connectivity index (χ4n) is 2.25. The lowest BCUT2D eigenvalue weighted by Gasteiger charge is -2.42. The molecular formula is C11H18O2. The van der Waals surface area contributed by atoms with E-state index in [9.17, 15) is 0 Å². The lowest BCUT2D eigenvalue weighted by Crippen LogP contribution is -2.44. The summed E-state index contributed by atoms with van der Waals surface area (Å²) in [6.07, 6.45) is 8.99. The lowest BCUT2D eigenvalue weighted by atomic mass is 9.95. The van der Waals surface area contributed by atoms with Gasteiger partial charge in [0.1, 0.15) is 0 Å². The highest BCUT2D eigenvalue weighted by atomic mass is 16.7. The van der Waals surface area contributed by atoms with Gasteiger partial charge in [-0.1, -0.05) is 6.08 Å². The molecule has 0 aromatic heterocycles. The largest absolute Gasteiger partial charge is 0.350 e. The van der Waals surface area contributed by atoms with Crippen molar-refractivity contribution < 1.29 is 9.47 Å². The van der Waals surface area contributed by atoms with Gasteiger partial charge in [0, 0.05) is 12.8 Å². The van der Waals surface area contributed by atoms with E-state index in [0.717, 1.165) is 25.9 Å². The molecule has 2 nitrogen and oxygen atoms in total. The normalized spacial score (nSPS) is 40.5. The number of rotatable bonds is 1. The van der Waals surface area contributed by atoms with Crippen molar-refractivity contribution >= 4 is 0 Å². The Kier molecular flexibility index (Phi) is 2.70. The van der Waals surface area contributed by atoms with Gasteiger partial charge in [-0.15, -0.1) is 6.58 Å². The Labute approximate surface area is 79.9 Å². The van der Waals surface area contributed by atoms with E-state index in [-0.39, 0.29) is 11.9 Å². The Hall–Kier alpha value is -0.340. The molecule has 2 heteroatoms. The first kappa shape index (κ1) is 9.22. The molecule has 0 aliphatic carbocycles. The van der Waals surface area contributed by atoms with Gasteiger partial charge in [-0.2, -0.15) is 0 Å². The van der Waals surface area contributed by atoms with Crippen molar-refractivity contribution in [3.8, 4) is 0 Å². The molecule has 2 saturated heterocycles. The average molecular weight is 182 g/mol. The predicted octanol–water partition coefficient (Wildman–Crippen LogP) is 2.64. The third-order valence-corrected chi connectivity index (χ3v) is 2.99. The van der Waals surface area contributed by atoms with Gasteiger partial charge in [0.15, 0.2) is 5.79 Å². The molecule has 2 aliphatic heterocycles. The van der Waals surface area contributed by atoms with Crippen LogP contribution in [-0.4, -0.2) is 18.5 Å².